The Balaban J connectivity index is 1.85. The highest BCUT2D eigenvalue weighted by Gasteiger charge is 2.48. The lowest BCUT2D eigenvalue weighted by atomic mass is 9.86. The zero-order chi connectivity index (χ0) is 17.3. The SMILES string of the molecule is C/C=C/[C@@H]1C2c3cc(Br)cc(CCCC(=O)OC)c3OC2C[C@H]1O. The number of aryl methyl sites for hydroxylation is 1. The summed E-state index contributed by atoms with van der Waals surface area (Å²) in [5.74, 6) is 1.05. The van der Waals surface area contributed by atoms with Crippen LogP contribution in [0.15, 0.2) is 28.8 Å². The van der Waals surface area contributed by atoms with Gasteiger partial charge in [0.2, 0.25) is 0 Å². The second-order valence-electron chi connectivity index (χ2n) is 6.50. The molecule has 0 amide bonds. The molecule has 1 aliphatic carbocycles. The van der Waals surface area contributed by atoms with Gasteiger partial charge < -0.3 is 14.6 Å². The van der Waals surface area contributed by atoms with E-state index in [1.54, 1.807) is 0 Å². The number of aliphatic hydroxyl groups excluding tert-OH is 1. The van der Waals surface area contributed by atoms with Gasteiger partial charge in [0.15, 0.2) is 0 Å². The third kappa shape index (κ3) is 3.24. The van der Waals surface area contributed by atoms with E-state index in [0.29, 0.717) is 12.8 Å². The molecule has 1 aliphatic heterocycles. The fourth-order valence-corrected chi connectivity index (χ4v) is 4.48. The van der Waals surface area contributed by atoms with E-state index in [-0.39, 0.29) is 30.0 Å². The second kappa shape index (κ2) is 7.28. The van der Waals surface area contributed by atoms with Gasteiger partial charge in [0.1, 0.15) is 11.9 Å². The van der Waals surface area contributed by atoms with Crippen LogP contribution in [0, 0.1) is 5.92 Å². The largest absolute Gasteiger partial charge is 0.489 e. The predicted octanol–water partition coefficient (Wildman–Crippen LogP) is 3.75. The molecule has 0 radical (unpaired) electrons. The fourth-order valence-electron chi connectivity index (χ4n) is 3.95. The Labute approximate surface area is 151 Å². The Hall–Kier alpha value is -1.33. The maximum Gasteiger partial charge on any atom is 0.305 e. The van der Waals surface area contributed by atoms with Gasteiger partial charge in [-0.1, -0.05) is 28.1 Å². The molecule has 0 bridgehead atoms. The van der Waals surface area contributed by atoms with Crippen LogP contribution in [0.5, 0.6) is 5.75 Å². The van der Waals surface area contributed by atoms with Gasteiger partial charge in [0.25, 0.3) is 0 Å². The molecule has 4 nitrogen and oxygen atoms in total. The summed E-state index contributed by atoms with van der Waals surface area (Å²) in [7, 11) is 1.41. The van der Waals surface area contributed by atoms with Crippen LogP contribution in [-0.4, -0.2) is 30.4 Å². The number of carbonyl (C=O) groups excluding carboxylic acids is 1. The van der Waals surface area contributed by atoms with Gasteiger partial charge in [-0.2, -0.15) is 0 Å². The number of hydrogen-bond acceptors (Lipinski definition) is 4. The highest BCUT2D eigenvalue weighted by molar-refractivity contribution is 9.10. The fraction of sp³-hybridized carbons (Fsp3) is 0.526. The molecule has 4 atom stereocenters. The maximum absolute atomic E-state index is 11.3. The first-order valence-electron chi connectivity index (χ1n) is 8.41. The first kappa shape index (κ1) is 17.5. The first-order chi connectivity index (χ1) is 11.5. The number of fused-ring (bicyclic) bond motifs is 3. The normalized spacial score (nSPS) is 27.8. The lowest BCUT2D eigenvalue weighted by Crippen LogP contribution is -2.16. The van der Waals surface area contributed by atoms with Crippen molar-refractivity contribution in [2.75, 3.05) is 7.11 Å². The van der Waals surface area contributed by atoms with Crippen molar-refractivity contribution >= 4 is 21.9 Å². The molecule has 1 N–H and O–H groups in total. The number of hydrogen-bond donors (Lipinski definition) is 1. The van der Waals surface area contributed by atoms with Crippen LogP contribution in [0.1, 0.15) is 43.2 Å². The zero-order valence-electron chi connectivity index (χ0n) is 14.0. The zero-order valence-corrected chi connectivity index (χ0v) is 15.6. The van der Waals surface area contributed by atoms with Gasteiger partial charge in [-0.3, -0.25) is 4.79 Å². The number of rotatable bonds is 5. The maximum atomic E-state index is 11.3. The molecule has 1 aromatic rings. The smallest absolute Gasteiger partial charge is 0.305 e. The van der Waals surface area contributed by atoms with Gasteiger partial charge in [0, 0.05) is 34.7 Å². The minimum atomic E-state index is -0.355. The van der Waals surface area contributed by atoms with Gasteiger partial charge in [-0.15, -0.1) is 0 Å². The molecular formula is C19H23BrO4. The summed E-state index contributed by atoms with van der Waals surface area (Å²) in [6.07, 6.45) is 6.34. The van der Waals surface area contributed by atoms with Crippen molar-refractivity contribution in [3.05, 3.63) is 39.9 Å². The molecule has 1 aromatic carbocycles. The summed E-state index contributed by atoms with van der Waals surface area (Å²) in [4.78, 5) is 11.3. The van der Waals surface area contributed by atoms with E-state index in [9.17, 15) is 9.90 Å². The third-order valence-electron chi connectivity index (χ3n) is 4.99. The van der Waals surface area contributed by atoms with E-state index in [1.807, 2.05) is 13.0 Å². The van der Waals surface area contributed by atoms with Gasteiger partial charge in [-0.05, 0) is 37.5 Å². The lowest BCUT2D eigenvalue weighted by Gasteiger charge is -2.17. The summed E-state index contributed by atoms with van der Waals surface area (Å²) >= 11 is 3.59. The van der Waals surface area contributed by atoms with Crippen molar-refractivity contribution in [2.45, 2.75) is 50.7 Å². The molecule has 3 rings (SSSR count). The average Bonchev–Trinajstić information content (AvgIpc) is 3.04. The molecule has 24 heavy (non-hydrogen) atoms. The molecule has 2 aliphatic rings. The number of allylic oxidation sites excluding steroid dienone is 1. The van der Waals surface area contributed by atoms with Crippen LogP contribution < -0.4 is 4.74 Å². The summed E-state index contributed by atoms with van der Waals surface area (Å²) in [6, 6.07) is 4.18. The first-order valence-corrected chi connectivity index (χ1v) is 9.21. The van der Waals surface area contributed by atoms with Gasteiger partial charge in [-0.25, -0.2) is 0 Å². The van der Waals surface area contributed by atoms with Crippen LogP contribution in [0.3, 0.4) is 0 Å². The number of carbonyl (C=O) groups is 1. The second-order valence-corrected chi connectivity index (χ2v) is 7.42. The van der Waals surface area contributed by atoms with Crippen molar-refractivity contribution in [3.63, 3.8) is 0 Å². The van der Waals surface area contributed by atoms with E-state index >= 15 is 0 Å². The van der Waals surface area contributed by atoms with E-state index < -0.39 is 0 Å². The molecule has 1 saturated carbocycles. The van der Waals surface area contributed by atoms with Crippen LogP contribution in [0.25, 0.3) is 0 Å². The van der Waals surface area contributed by atoms with Crippen molar-refractivity contribution in [2.24, 2.45) is 5.92 Å². The number of aliphatic hydroxyl groups is 1. The molecule has 2 unspecified atom stereocenters. The van der Waals surface area contributed by atoms with Gasteiger partial charge >= 0.3 is 5.97 Å². The molecule has 130 valence electrons. The molecule has 0 spiro atoms. The van der Waals surface area contributed by atoms with E-state index in [2.05, 4.69) is 34.1 Å². The van der Waals surface area contributed by atoms with Crippen LogP contribution in [0.4, 0.5) is 0 Å². The minimum absolute atomic E-state index is 0.0323. The van der Waals surface area contributed by atoms with Gasteiger partial charge in [0.05, 0.1) is 13.2 Å². The molecule has 0 aromatic heterocycles. The number of halogens is 1. The van der Waals surface area contributed by atoms with Crippen LogP contribution in [0.2, 0.25) is 0 Å². The average molecular weight is 395 g/mol. The lowest BCUT2D eigenvalue weighted by molar-refractivity contribution is -0.140. The molecule has 0 saturated heterocycles. The summed E-state index contributed by atoms with van der Waals surface area (Å²) in [5, 5.41) is 10.3. The van der Waals surface area contributed by atoms with E-state index in [4.69, 9.17) is 9.47 Å². The van der Waals surface area contributed by atoms with Crippen molar-refractivity contribution in [1.82, 2.24) is 0 Å². The summed E-state index contributed by atoms with van der Waals surface area (Å²) in [6.45, 7) is 1.98. The van der Waals surface area contributed by atoms with Crippen molar-refractivity contribution in [1.29, 1.82) is 0 Å². The number of esters is 1. The minimum Gasteiger partial charge on any atom is -0.489 e. The predicted molar refractivity (Wildman–Crippen MR) is 95.2 cm³/mol. The van der Waals surface area contributed by atoms with Crippen molar-refractivity contribution in [3.8, 4) is 5.75 Å². The molecular weight excluding hydrogens is 372 g/mol. The molecule has 1 fully saturated rings. The Kier molecular flexibility index (Phi) is 5.30. The topological polar surface area (TPSA) is 55.8 Å². The Morgan fingerprint density at radius 3 is 3.00 bits per heavy atom. The number of benzene rings is 1. The van der Waals surface area contributed by atoms with E-state index in [1.165, 1.54) is 12.7 Å². The standard InChI is InChI=1S/C19H23BrO4/c1-3-5-13-15(21)10-16-18(13)14-9-12(20)8-11(19(14)24-16)6-4-7-17(22)23-2/h3,5,8-9,13,15-16,18,21H,4,6-7,10H2,1-2H3/b5-3+/t13-,15+,16?,18?/m0/s1. The highest BCUT2D eigenvalue weighted by Crippen LogP contribution is 2.52. The Morgan fingerprint density at radius 2 is 2.29 bits per heavy atom. The molecule has 1 heterocycles. The summed E-state index contributed by atoms with van der Waals surface area (Å²) in [5.41, 5.74) is 2.29. The summed E-state index contributed by atoms with van der Waals surface area (Å²) < 4.78 is 11.9. The quantitative estimate of drug-likeness (QED) is 0.610. The third-order valence-corrected chi connectivity index (χ3v) is 5.45. The van der Waals surface area contributed by atoms with Crippen LogP contribution >= 0.6 is 15.9 Å². The molecule has 5 heteroatoms. The number of methoxy groups -OCH3 is 1. The van der Waals surface area contributed by atoms with Crippen LogP contribution in [-0.2, 0) is 16.0 Å². The Morgan fingerprint density at radius 1 is 1.50 bits per heavy atom. The number of ether oxygens (including phenoxy) is 2. The monoisotopic (exact) mass is 394 g/mol. The highest BCUT2D eigenvalue weighted by atomic mass is 79.9. The Bertz CT molecular complexity index is 655. The van der Waals surface area contributed by atoms with Crippen molar-refractivity contribution < 1.29 is 19.4 Å². The van der Waals surface area contributed by atoms with E-state index in [0.717, 1.165) is 28.6 Å².